The Balaban J connectivity index is 0.00000280. The minimum Gasteiger partial charge on any atom is -0.466 e. The van der Waals surface area contributed by atoms with Crippen LogP contribution in [-0.4, -0.2) is 38.9 Å². The number of halogens is 4. The third kappa shape index (κ3) is 3.22. The van der Waals surface area contributed by atoms with Crippen molar-refractivity contribution in [1.82, 2.24) is 5.32 Å². The Morgan fingerprint density at radius 2 is 2.19 bits per heavy atom. The quantitative estimate of drug-likeness (QED) is 0.617. The van der Waals surface area contributed by atoms with Crippen molar-refractivity contribution in [2.45, 2.75) is 12.5 Å². The van der Waals surface area contributed by atoms with Crippen molar-refractivity contribution >= 4 is 11.9 Å². The Morgan fingerprint density at radius 1 is 1.44 bits per heavy atom. The summed E-state index contributed by atoms with van der Waals surface area (Å²) in [6.07, 6.45) is 0. The molecule has 0 fully saturated rings. The van der Waals surface area contributed by atoms with Gasteiger partial charge in [0, 0.05) is 6.99 Å². The van der Waals surface area contributed by atoms with Crippen LogP contribution in [0.3, 0.4) is 0 Å². The second kappa shape index (κ2) is 7.29. The van der Waals surface area contributed by atoms with Crippen LogP contribution in [0.25, 0.3) is 0 Å². The van der Waals surface area contributed by atoms with Crippen molar-refractivity contribution in [3.8, 4) is 5.75 Å². The highest BCUT2D eigenvalue weighted by atomic mass is 19.3. The van der Waals surface area contributed by atoms with Crippen LogP contribution in [0.5, 0.6) is 5.75 Å². The fraction of sp³-hybridized carbons (Fsp3) is 0.294. The molecular weight excluding hydrogens is 374 g/mol. The molecule has 0 unspecified atom stereocenters. The van der Waals surface area contributed by atoms with E-state index < -0.39 is 42.7 Å². The summed E-state index contributed by atoms with van der Waals surface area (Å²) in [6, 6.07) is 3.27. The van der Waals surface area contributed by atoms with E-state index in [4.69, 9.17) is 4.74 Å². The first kappa shape index (κ1) is 18.7. The molecule has 146 valence electrons. The second-order valence-corrected chi connectivity index (χ2v) is 5.58. The van der Waals surface area contributed by atoms with Gasteiger partial charge in [-0.15, -0.1) is 0 Å². The van der Waals surface area contributed by atoms with Gasteiger partial charge in [-0.2, -0.15) is 8.78 Å². The zero-order chi connectivity index (χ0) is 19.7. The van der Waals surface area contributed by atoms with Gasteiger partial charge in [-0.3, -0.25) is 0 Å². The number of methoxy groups -OCH3 is 1. The molecule has 6 nitrogen and oxygen atoms in total. The summed E-state index contributed by atoms with van der Waals surface area (Å²) in [4.78, 5) is 24.5. The molecule has 0 spiro atoms. The molecular formula is C17H15F4NO5. The third-order valence-electron chi connectivity index (χ3n) is 4.15. The average Bonchev–Trinajstić information content (AvgIpc) is 3.01. The van der Waals surface area contributed by atoms with Crippen molar-refractivity contribution in [2.24, 2.45) is 0 Å². The number of benzene rings is 1. The first-order chi connectivity index (χ1) is 12.9. The van der Waals surface area contributed by atoms with Crippen LogP contribution in [0.2, 0.25) is 0 Å². The lowest BCUT2D eigenvalue weighted by atomic mass is 9.80. The molecule has 0 radical (unpaired) electrons. The van der Waals surface area contributed by atoms with Crippen LogP contribution in [0.15, 0.2) is 40.7 Å². The molecule has 3 rings (SSSR count). The molecule has 2 heterocycles. The summed E-state index contributed by atoms with van der Waals surface area (Å²) in [7, 11) is 1.03. The third-order valence-corrected chi connectivity index (χ3v) is 4.15. The number of dihydropyridines is 1. The fourth-order valence-corrected chi connectivity index (χ4v) is 3.11. The summed E-state index contributed by atoms with van der Waals surface area (Å²) in [6.45, 7) is -4.74. The number of hydrogen-bond donors (Lipinski definition) is 1. The van der Waals surface area contributed by atoms with Crippen LogP contribution in [-0.2, 0) is 19.1 Å². The number of carbonyl (C=O) groups is 2. The molecule has 0 saturated heterocycles. The van der Waals surface area contributed by atoms with Gasteiger partial charge in [-0.25, -0.2) is 18.4 Å². The lowest BCUT2D eigenvalue weighted by molar-refractivity contribution is -0.136. The van der Waals surface area contributed by atoms with E-state index in [2.05, 4.69) is 14.8 Å². The minimum absolute atomic E-state index is 0. The normalized spacial score (nSPS) is 19.0. The summed E-state index contributed by atoms with van der Waals surface area (Å²) >= 11 is 0. The van der Waals surface area contributed by atoms with Gasteiger partial charge >= 0.3 is 18.6 Å². The summed E-state index contributed by atoms with van der Waals surface area (Å²) in [5.74, 6) is -5.26. The van der Waals surface area contributed by atoms with Gasteiger partial charge in [0.15, 0.2) is 11.6 Å². The van der Waals surface area contributed by atoms with Gasteiger partial charge in [-0.1, -0.05) is 12.1 Å². The molecule has 1 aromatic carbocycles. The van der Waals surface area contributed by atoms with E-state index >= 15 is 0 Å². The SMILES string of the molecule is COC(=O)C1=C(CF)NC2=C(C(=O)OC2)[C@H]1c1cccc(F)c1OC(F)F.[HH]. The van der Waals surface area contributed by atoms with Crippen molar-refractivity contribution in [3.63, 3.8) is 0 Å². The predicted octanol–water partition coefficient (Wildman–Crippen LogP) is 2.57. The highest BCUT2D eigenvalue weighted by Gasteiger charge is 2.44. The lowest BCUT2D eigenvalue weighted by Gasteiger charge is -2.28. The fourth-order valence-electron chi connectivity index (χ4n) is 3.11. The maximum Gasteiger partial charge on any atom is 0.387 e. The lowest BCUT2D eigenvalue weighted by Crippen LogP contribution is -2.32. The number of carbonyl (C=O) groups excluding carboxylic acids is 2. The number of rotatable bonds is 5. The van der Waals surface area contributed by atoms with Gasteiger partial charge < -0.3 is 19.5 Å². The predicted molar refractivity (Wildman–Crippen MR) is 84.0 cm³/mol. The minimum atomic E-state index is -3.36. The van der Waals surface area contributed by atoms with E-state index in [-0.39, 0.29) is 36.1 Å². The first-order valence-corrected chi connectivity index (χ1v) is 7.66. The number of alkyl halides is 3. The molecule has 2 aliphatic rings. The highest BCUT2D eigenvalue weighted by molar-refractivity contribution is 6.01. The molecule has 0 saturated carbocycles. The maximum atomic E-state index is 14.2. The van der Waals surface area contributed by atoms with Gasteiger partial charge in [-0.05, 0) is 6.07 Å². The Bertz CT molecular complexity index is 871. The first-order valence-electron chi connectivity index (χ1n) is 7.66. The van der Waals surface area contributed by atoms with Crippen molar-refractivity contribution in [1.29, 1.82) is 0 Å². The van der Waals surface area contributed by atoms with Crippen molar-refractivity contribution in [2.75, 3.05) is 20.4 Å². The average molecular weight is 389 g/mol. The van der Waals surface area contributed by atoms with Crippen LogP contribution in [0, 0.1) is 5.82 Å². The van der Waals surface area contributed by atoms with Gasteiger partial charge in [0.2, 0.25) is 0 Å². The zero-order valence-electron chi connectivity index (χ0n) is 13.9. The molecule has 27 heavy (non-hydrogen) atoms. The topological polar surface area (TPSA) is 73.9 Å². The van der Waals surface area contributed by atoms with E-state index in [1.54, 1.807) is 0 Å². The summed E-state index contributed by atoms with van der Waals surface area (Å²) < 4.78 is 67.1. The van der Waals surface area contributed by atoms with Crippen LogP contribution in [0.1, 0.15) is 12.9 Å². The molecule has 2 aliphatic heterocycles. The molecule has 1 atom stereocenters. The van der Waals surface area contributed by atoms with Crippen molar-refractivity contribution < 1.29 is 42.8 Å². The number of allylic oxidation sites excluding steroid dienone is 1. The Hall–Kier alpha value is -3.04. The maximum absolute atomic E-state index is 14.2. The van der Waals surface area contributed by atoms with Gasteiger partial charge in [0.1, 0.15) is 13.3 Å². The molecule has 1 aromatic rings. The Kier molecular flexibility index (Phi) is 5.06. The van der Waals surface area contributed by atoms with Gasteiger partial charge in [0.05, 0.1) is 35.6 Å². The number of para-hydroxylation sites is 1. The molecule has 0 aromatic heterocycles. The Labute approximate surface area is 151 Å². The van der Waals surface area contributed by atoms with Crippen molar-refractivity contribution in [3.05, 3.63) is 52.1 Å². The Morgan fingerprint density at radius 3 is 2.81 bits per heavy atom. The zero-order valence-corrected chi connectivity index (χ0v) is 13.9. The van der Waals surface area contributed by atoms with E-state index in [9.17, 15) is 27.2 Å². The van der Waals surface area contributed by atoms with Crippen LogP contribution < -0.4 is 10.1 Å². The number of cyclic esters (lactones) is 1. The van der Waals surface area contributed by atoms with Gasteiger partial charge in [0.25, 0.3) is 0 Å². The number of ether oxygens (including phenoxy) is 3. The van der Waals surface area contributed by atoms with E-state index in [0.717, 1.165) is 13.2 Å². The van der Waals surface area contributed by atoms with Crippen LogP contribution in [0.4, 0.5) is 17.6 Å². The number of hydrogen-bond acceptors (Lipinski definition) is 6. The number of nitrogens with one attached hydrogen (secondary N) is 1. The molecule has 0 bridgehead atoms. The smallest absolute Gasteiger partial charge is 0.387 e. The summed E-state index contributed by atoms with van der Waals surface area (Å²) in [5, 5.41) is 2.59. The largest absolute Gasteiger partial charge is 0.466 e. The molecule has 0 aliphatic carbocycles. The molecule has 0 amide bonds. The van der Waals surface area contributed by atoms with E-state index in [1.807, 2.05) is 0 Å². The number of esters is 2. The van der Waals surface area contributed by atoms with Crippen LogP contribution >= 0.6 is 0 Å². The van der Waals surface area contributed by atoms with E-state index in [0.29, 0.717) is 0 Å². The standard InChI is InChI=1S/C17H13F4NO5.H2/c1-25-15(23)12-9(5-18)22-10-6-26-16(24)13(10)11(12)7-3-2-4-8(19)14(7)27-17(20)21;/h2-4,11,17,22H,5-6H2,1H3;1H/t11-;/m0./s1. The summed E-state index contributed by atoms with van der Waals surface area (Å²) in [5.41, 5.74) is -0.831. The molecule has 10 heteroatoms. The van der Waals surface area contributed by atoms with E-state index in [1.165, 1.54) is 12.1 Å². The highest BCUT2D eigenvalue weighted by Crippen LogP contribution is 2.45. The monoisotopic (exact) mass is 389 g/mol. The second-order valence-electron chi connectivity index (χ2n) is 5.58. The molecule has 1 N–H and O–H groups in total.